The van der Waals surface area contributed by atoms with Gasteiger partial charge in [-0.05, 0) is 67.6 Å². The molecule has 0 atom stereocenters. The first-order chi connectivity index (χ1) is 15.9. The molecule has 0 aromatic heterocycles. The summed E-state index contributed by atoms with van der Waals surface area (Å²) in [6.45, 7) is 9.82. The number of alkyl halides is 2. The van der Waals surface area contributed by atoms with Crippen molar-refractivity contribution in [1.82, 2.24) is 0 Å². The van der Waals surface area contributed by atoms with Crippen molar-refractivity contribution in [3.05, 3.63) is 59.2 Å². The lowest BCUT2D eigenvalue weighted by Crippen LogP contribution is -2.41. The number of carboxylic acids is 1. The van der Waals surface area contributed by atoms with Crippen LogP contribution in [-0.4, -0.2) is 29.6 Å². The fourth-order valence-corrected chi connectivity index (χ4v) is 4.46. The van der Waals surface area contributed by atoms with Crippen molar-refractivity contribution < 1.29 is 28.2 Å². The molecule has 7 heteroatoms. The molecule has 1 aliphatic rings. The van der Waals surface area contributed by atoms with Crippen LogP contribution < -0.4 is 9.64 Å². The van der Waals surface area contributed by atoms with Crippen LogP contribution in [0.15, 0.2) is 42.5 Å². The van der Waals surface area contributed by atoms with Crippen LogP contribution >= 0.6 is 0 Å². The molecule has 2 aromatic carbocycles. The summed E-state index contributed by atoms with van der Waals surface area (Å²) in [5, 5.41) is 9.07. The number of rotatable bonds is 8. The number of carbonyl (C=O) groups excluding carboxylic acids is 1. The summed E-state index contributed by atoms with van der Waals surface area (Å²) in [7, 11) is 0. The van der Waals surface area contributed by atoms with Gasteiger partial charge in [-0.3, -0.25) is 9.59 Å². The highest BCUT2D eigenvalue weighted by atomic mass is 19.3. The smallest absolute Gasteiger partial charge is 0.419 e. The topological polar surface area (TPSA) is 66.8 Å². The Morgan fingerprint density at radius 2 is 1.94 bits per heavy atom. The second kappa shape index (κ2) is 9.57. The predicted molar refractivity (Wildman–Crippen MR) is 129 cm³/mol. The summed E-state index contributed by atoms with van der Waals surface area (Å²) < 4.78 is 33.8. The van der Waals surface area contributed by atoms with E-state index in [1.54, 1.807) is 17.0 Å². The molecule has 0 saturated carbocycles. The maximum absolute atomic E-state index is 14.4. The van der Waals surface area contributed by atoms with Gasteiger partial charge in [-0.1, -0.05) is 32.1 Å². The van der Waals surface area contributed by atoms with E-state index in [1.807, 2.05) is 39.8 Å². The van der Waals surface area contributed by atoms with Crippen molar-refractivity contribution in [2.45, 2.75) is 65.4 Å². The number of anilines is 1. The molecule has 1 amide bonds. The lowest BCUT2D eigenvalue weighted by Gasteiger charge is -2.39. The highest BCUT2D eigenvalue weighted by molar-refractivity contribution is 5.99. The van der Waals surface area contributed by atoms with E-state index in [0.29, 0.717) is 35.7 Å². The summed E-state index contributed by atoms with van der Waals surface area (Å²) >= 11 is 0. The zero-order valence-electron chi connectivity index (χ0n) is 20.2. The SMILES string of the molecule is C/C=C/C(F)(F)Oc1ccc(CCC(=O)O)cc1-c1cc2c(cc1C)C(C)(C)CC(=O)N2CC. The van der Waals surface area contributed by atoms with Gasteiger partial charge >= 0.3 is 12.1 Å². The van der Waals surface area contributed by atoms with Crippen LogP contribution in [0.1, 0.15) is 57.2 Å². The summed E-state index contributed by atoms with van der Waals surface area (Å²) in [6, 6.07) is 8.63. The monoisotopic (exact) mass is 471 g/mol. The molecule has 34 heavy (non-hydrogen) atoms. The van der Waals surface area contributed by atoms with Crippen molar-refractivity contribution >= 4 is 17.6 Å². The molecule has 0 bridgehead atoms. The molecule has 5 nitrogen and oxygen atoms in total. The van der Waals surface area contributed by atoms with Gasteiger partial charge in [0.05, 0.1) is 0 Å². The molecule has 3 rings (SSSR count). The molecule has 0 unspecified atom stereocenters. The zero-order valence-corrected chi connectivity index (χ0v) is 20.2. The first-order valence-electron chi connectivity index (χ1n) is 11.4. The van der Waals surface area contributed by atoms with Crippen LogP contribution in [0, 0.1) is 6.92 Å². The second-order valence-electron chi connectivity index (χ2n) is 9.27. The number of halogens is 2. The quantitative estimate of drug-likeness (QED) is 0.462. The number of hydrogen-bond acceptors (Lipinski definition) is 3. The summed E-state index contributed by atoms with van der Waals surface area (Å²) in [6.07, 6.45) is -1.05. The number of nitrogens with zero attached hydrogens (tertiary/aromatic N) is 1. The van der Waals surface area contributed by atoms with E-state index in [1.165, 1.54) is 19.1 Å². The summed E-state index contributed by atoms with van der Waals surface area (Å²) in [5.41, 5.74) is 4.06. The third kappa shape index (κ3) is 5.29. The van der Waals surface area contributed by atoms with Crippen molar-refractivity contribution in [3.8, 4) is 16.9 Å². The first kappa shape index (κ1) is 25.4. The van der Waals surface area contributed by atoms with E-state index >= 15 is 0 Å². The number of allylic oxidation sites excluding steroid dienone is 1. The Kier molecular flexibility index (Phi) is 7.15. The van der Waals surface area contributed by atoms with Crippen molar-refractivity contribution in [3.63, 3.8) is 0 Å². The van der Waals surface area contributed by atoms with Gasteiger partial charge in [-0.15, -0.1) is 0 Å². The molecular formula is C27H31F2NO4. The lowest BCUT2D eigenvalue weighted by atomic mass is 9.75. The van der Waals surface area contributed by atoms with Gasteiger partial charge < -0.3 is 14.7 Å². The molecule has 182 valence electrons. The average molecular weight is 472 g/mol. The van der Waals surface area contributed by atoms with Gasteiger partial charge in [0.1, 0.15) is 5.75 Å². The van der Waals surface area contributed by atoms with Crippen molar-refractivity contribution in [1.29, 1.82) is 0 Å². The van der Waals surface area contributed by atoms with Crippen molar-refractivity contribution in [2.75, 3.05) is 11.4 Å². The van der Waals surface area contributed by atoms with E-state index in [-0.39, 0.29) is 29.9 Å². The van der Waals surface area contributed by atoms with Crippen LogP contribution in [-0.2, 0) is 21.4 Å². The number of aliphatic carboxylic acids is 1. The Balaban J connectivity index is 2.21. The van der Waals surface area contributed by atoms with Gasteiger partial charge in [0.2, 0.25) is 5.91 Å². The normalized spacial score (nSPS) is 15.5. The summed E-state index contributed by atoms with van der Waals surface area (Å²) in [5.74, 6) is -0.943. The molecule has 0 aliphatic carbocycles. The first-order valence-corrected chi connectivity index (χ1v) is 11.4. The maximum Gasteiger partial charge on any atom is 0.419 e. The van der Waals surface area contributed by atoms with E-state index < -0.39 is 12.1 Å². The fraction of sp³-hybridized carbons (Fsp3) is 0.407. The molecule has 1 aliphatic heterocycles. The average Bonchev–Trinajstić information content (AvgIpc) is 2.73. The lowest BCUT2D eigenvalue weighted by molar-refractivity contribution is -0.137. The van der Waals surface area contributed by atoms with E-state index in [4.69, 9.17) is 9.84 Å². The Hall–Kier alpha value is -3.22. The number of hydrogen-bond donors (Lipinski definition) is 1. The Bertz CT molecular complexity index is 1140. The number of carboxylic acid groups (broad SMARTS) is 1. The van der Waals surface area contributed by atoms with Crippen LogP contribution in [0.25, 0.3) is 11.1 Å². The molecule has 0 saturated heterocycles. The minimum Gasteiger partial charge on any atom is -0.481 e. The Morgan fingerprint density at radius 1 is 1.24 bits per heavy atom. The van der Waals surface area contributed by atoms with Gasteiger partial charge in [0, 0.05) is 42.1 Å². The largest absolute Gasteiger partial charge is 0.481 e. The van der Waals surface area contributed by atoms with E-state index in [0.717, 1.165) is 16.8 Å². The standard InChI is InChI=1S/C27H31F2NO4/c1-6-12-27(28,29)34-23-10-8-18(9-11-25(32)33)14-20(23)19-15-22-21(13-17(19)3)26(4,5)16-24(31)30(22)7-2/h6,8,10,12-15H,7,9,11,16H2,1-5H3,(H,32,33)/b12-6+. The van der Waals surface area contributed by atoms with Gasteiger partial charge in [-0.25, -0.2) is 0 Å². The van der Waals surface area contributed by atoms with Crippen LogP contribution in [0.3, 0.4) is 0 Å². The Labute approximate surface area is 199 Å². The van der Waals surface area contributed by atoms with Gasteiger partial charge in [0.25, 0.3) is 0 Å². The molecule has 2 aromatic rings. The molecule has 0 spiro atoms. The van der Waals surface area contributed by atoms with Crippen LogP contribution in [0.4, 0.5) is 14.5 Å². The van der Waals surface area contributed by atoms with Crippen LogP contribution in [0.2, 0.25) is 0 Å². The zero-order chi connectivity index (χ0) is 25.3. The van der Waals surface area contributed by atoms with Gasteiger partial charge in [-0.2, -0.15) is 8.78 Å². The summed E-state index contributed by atoms with van der Waals surface area (Å²) in [4.78, 5) is 25.6. The van der Waals surface area contributed by atoms with E-state index in [9.17, 15) is 18.4 Å². The number of aryl methyl sites for hydroxylation is 2. The minimum atomic E-state index is -3.51. The third-order valence-corrected chi connectivity index (χ3v) is 6.14. The number of fused-ring (bicyclic) bond motifs is 1. The number of benzene rings is 2. The molecule has 1 heterocycles. The number of amides is 1. The fourth-order valence-electron chi connectivity index (χ4n) is 4.46. The van der Waals surface area contributed by atoms with Crippen LogP contribution in [0.5, 0.6) is 5.75 Å². The highest BCUT2D eigenvalue weighted by Crippen LogP contribution is 2.45. The minimum absolute atomic E-state index is 0.0149. The number of ether oxygens (including phenoxy) is 1. The highest BCUT2D eigenvalue weighted by Gasteiger charge is 2.37. The number of carbonyl (C=O) groups is 2. The molecule has 0 fully saturated rings. The van der Waals surface area contributed by atoms with E-state index in [2.05, 4.69) is 0 Å². The predicted octanol–water partition coefficient (Wildman–Crippen LogP) is 6.26. The molecule has 0 radical (unpaired) electrons. The van der Waals surface area contributed by atoms with Gasteiger partial charge in [0.15, 0.2) is 0 Å². The third-order valence-electron chi connectivity index (χ3n) is 6.14. The molecule has 1 N–H and O–H groups in total. The Morgan fingerprint density at radius 3 is 2.56 bits per heavy atom. The van der Waals surface area contributed by atoms with Crippen molar-refractivity contribution in [2.24, 2.45) is 0 Å². The molecular weight excluding hydrogens is 440 g/mol. The maximum atomic E-state index is 14.4. The second-order valence-corrected chi connectivity index (χ2v) is 9.27.